The lowest BCUT2D eigenvalue weighted by atomic mass is 10.2. The van der Waals surface area contributed by atoms with Crippen LogP contribution in [0.5, 0.6) is 0 Å². The van der Waals surface area contributed by atoms with Crippen LogP contribution in [0.25, 0.3) is 10.9 Å². The summed E-state index contributed by atoms with van der Waals surface area (Å²) in [6.45, 7) is 2.06. The van der Waals surface area contributed by atoms with E-state index in [9.17, 15) is 0 Å². The van der Waals surface area contributed by atoms with Crippen molar-refractivity contribution in [3.05, 3.63) is 30.0 Å². The molecule has 0 saturated heterocycles. The number of para-hydroxylation sites is 1. The zero-order valence-electron chi connectivity index (χ0n) is 9.51. The highest BCUT2D eigenvalue weighted by atomic mass is 32.1. The molecule has 0 fully saturated rings. The van der Waals surface area contributed by atoms with Gasteiger partial charge >= 0.3 is 0 Å². The second-order valence-electron chi connectivity index (χ2n) is 3.85. The van der Waals surface area contributed by atoms with Gasteiger partial charge in [-0.15, -0.1) is 0 Å². The molecule has 5 nitrogen and oxygen atoms in total. The number of rotatable bonds is 2. The van der Waals surface area contributed by atoms with E-state index in [1.54, 1.807) is 0 Å². The number of H-pyrrole nitrogens is 1. The maximum Gasteiger partial charge on any atom is 0.232 e. The molecule has 0 aliphatic rings. The lowest BCUT2D eigenvalue weighted by molar-refractivity contribution is 0.944. The minimum absolute atomic E-state index is 0.790. The molecule has 86 valence electrons. The van der Waals surface area contributed by atoms with Gasteiger partial charge in [0.25, 0.3) is 0 Å². The predicted octanol–water partition coefficient (Wildman–Crippen LogP) is 2.49. The highest BCUT2D eigenvalue weighted by Gasteiger charge is 2.15. The molecule has 0 aliphatic carbocycles. The number of benzene rings is 1. The molecule has 0 atom stereocenters. The van der Waals surface area contributed by atoms with Gasteiger partial charge in [-0.1, -0.05) is 27.8 Å². The second kappa shape index (κ2) is 3.81. The van der Waals surface area contributed by atoms with E-state index in [4.69, 9.17) is 0 Å². The average molecular weight is 245 g/mol. The summed E-state index contributed by atoms with van der Waals surface area (Å²) in [6.07, 6.45) is 0. The Bertz CT molecular complexity index is 643. The van der Waals surface area contributed by atoms with Crippen LogP contribution in [0.3, 0.4) is 0 Å². The quantitative estimate of drug-likeness (QED) is 0.753. The molecule has 1 aromatic carbocycles. The van der Waals surface area contributed by atoms with Gasteiger partial charge in [0.2, 0.25) is 5.13 Å². The van der Waals surface area contributed by atoms with Gasteiger partial charge in [-0.3, -0.25) is 0 Å². The lowest BCUT2D eigenvalue weighted by Gasteiger charge is -2.14. The van der Waals surface area contributed by atoms with Crippen LogP contribution in [0.2, 0.25) is 0 Å². The Hall–Kier alpha value is -1.95. The molecule has 0 aliphatic heterocycles. The van der Waals surface area contributed by atoms with Crippen LogP contribution in [0.1, 0.15) is 5.69 Å². The van der Waals surface area contributed by atoms with Crippen LogP contribution in [0.15, 0.2) is 24.3 Å². The Morgan fingerprint density at radius 2 is 2.12 bits per heavy atom. The van der Waals surface area contributed by atoms with Gasteiger partial charge in [0, 0.05) is 35.2 Å². The monoisotopic (exact) mass is 245 g/mol. The molecule has 3 aromatic rings. The molecule has 0 saturated carbocycles. The smallest absolute Gasteiger partial charge is 0.232 e. The Labute approximate surface area is 102 Å². The second-order valence-corrected chi connectivity index (χ2v) is 4.56. The first-order valence-corrected chi connectivity index (χ1v) is 6.01. The van der Waals surface area contributed by atoms with E-state index in [0.717, 1.165) is 22.0 Å². The summed E-state index contributed by atoms with van der Waals surface area (Å²) >= 11 is 1.29. The van der Waals surface area contributed by atoms with Crippen molar-refractivity contribution in [2.45, 2.75) is 6.92 Å². The first-order chi connectivity index (χ1) is 8.27. The zero-order chi connectivity index (χ0) is 11.8. The van der Waals surface area contributed by atoms with Gasteiger partial charge in [0.1, 0.15) is 0 Å². The third-order valence-corrected chi connectivity index (χ3v) is 3.44. The third-order valence-electron chi connectivity index (χ3n) is 2.77. The maximum atomic E-state index is 3.99. The summed E-state index contributed by atoms with van der Waals surface area (Å²) in [5, 5.41) is 9.59. The summed E-state index contributed by atoms with van der Waals surface area (Å²) in [7, 11) is 1.98. The Kier molecular flexibility index (Phi) is 2.29. The number of hydrogen-bond acceptors (Lipinski definition) is 5. The van der Waals surface area contributed by atoms with Gasteiger partial charge in [0.15, 0.2) is 0 Å². The van der Waals surface area contributed by atoms with Crippen LogP contribution in [0, 0.1) is 6.92 Å². The number of hydrogen-bond donors (Lipinski definition) is 1. The SMILES string of the molecule is Cc1[nH]c2ccccc2c1N(C)c1nnns1. The molecule has 6 heteroatoms. The van der Waals surface area contributed by atoms with Gasteiger partial charge in [-0.25, -0.2) is 0 Å². The largest absolute Gasteiger partial charge is 0.357 e. The molecular weight excluding hydrogens is 234 g/mol. The molecule has 0 unspecified atom stereocenters. The molecule has 0 radical (unpaired) electrons. The number of fused-ring (bicyclic) bond motifs is 1. The van der Waals surface area contributed by atoms with Crippen LogP contribution in [-0.4, -0.2) is 26.8 Å². The summed E-state index contributed by atoms with van der Waals surface area (Å²) in [6, 6.07) is 8.22. The van der Waals surface area contributed by atoms with Crippen molar-refractivity contribution in [1.29, 1.82) is 0 Å². The molecule has 2 aromatic heterocycles. The molecule has 2 heterocycles. The molecule has 0 bridgehead atoms. The minimum Gasteiger partial charge on any atom is -0.357 e. The zero-order valence-corrected chi connectivity index (χ0v) is 10.3. The highest BCUT2D eigenvalue weighted by molar-refractivity contribution is 7.09. The normalized spacial score (nSPS) is 10.9. The molecule has 3 rings (SSSR count). The summed E-state index contributed by atoms with van der Waals surface area (Å²) in [4.78, 5) is 5.38. The first-order valence-electron chi connectivity index (χ1n) is 5.23. The van der Waals surface area contributed by atoms with E-state index in [1.165, 1.54) is 16.9 Å². The fourth-order valence-electron chi connectivity index (χ4n) is 2.05. The van der Waals surface area contributed by atoms with E-state index >= 15 is 0 Å². The first kappa shape index (κ1) is 10.2. The van der Waals surface area contributed by atoms with Crippen LogP contribution in [-0.2, 0) is 0 Å². The van der Waals surface area contributed by atoms with Crippen LogP contribution >= 0.6 is 11.5 Å². The molecule has 0 spiro atoms. The van der Waals surface area contributed by atoms with Crippen LogP contribution in [0.4, 0.5) is 10.8 Å². The fourth-order valence-corrected chi connectivity index (χ4v) is 2.48. The number of nitrogens with one attached hydrogen (secondary N) is 1. The third kappa shape index (κ3) is 1.57. The van der Waals surface area contributed by atoms with E-state index < -0.39 is 0 Å². The van der Waals surface area contributed by atoms with Crippen LogP contribution < -0.4 is 4.90 Å². The molecular formula is C11H11N5S. The number of anilines is 2. The summed E-state index contributed by atoms with van der Waals surface area (Å²) in [5.74, 6) is 0. The Morgan fingerprint density at radius 3 is 2.88 bits per heavy atom. The van der Waals surface area contributed by atoms with Crippen molar-refractivity contribution in [2.75, 3.05) is 11.9 Å². The van der Waals surface area contributed by atoms with Crippen molar-refractivity contribution in [2.24, 2.45) is 0 Å². The number of nitrogens with zero attached hydrogens (tertiary/aromatic N) is 4. The number of aryl methyl sites for hydroxylation is 1. The maximum absolute atomic E-state index is 3.99. The average Bonchev–Trinajstić information content (AvgIpc) is 2.94. The van der Waals surface area contributed by atoms with Gasteiger partial charge in [-0.05, 0) is 18.2 Å². The minimum atomic E-state index is 0.790. The van der Waals surface area contributed by atoms with Gasteiger partial charge in [-0.2, -0.15) is 0 Å². The Balaban J connectivity index is 2.20. The van der Waals surface area contributed by atoms with E-state index in [2.05, 4.69) is 38.8 Å². The van der Waals surface area contributed by atoms with Gasteiger partial charge < -0.3 is 9.88 Å². The van der Waals surface area contributed by atoms with Crippen molar-refractivity contribution < 1.29 is 0 Å². The molecule has 0 amide bonds. The van der Waals surface area contributed by atoms with Gasteiger partial charge in [0.05, 0.1) is 5.69 Å². The topological polar surface area (TPSA) is 57.7 Å². The van der Waals surface area contributed by atoms with E-state index in [1.807, 2.05) is 24.1 Å². The Morgan fingerprint density at radius 1 is 1.29 bits per heavy atom. The summed E-state index contributed by atoms with van der Waals surface area (Å²) < 4.78 is 3.79. The summed E-state index contributed by atoms with van der Waals surface area (Å²) in [5.41, 5.74) is 3.37. The standard InChI is InChI=1S/C11H11N5S/c1-7-10(16(2)11-13-14-15-17-11)8-5-3-4-6-9(8)12-7/h3-6,12H,1-2H3. The van der Waals surface area contributed by atoms with Crippen molar-refractivity contribution in [3.63, 3.8) is 0 Å². The van der Waals surface area contributed by atoms with Crippen molar-refractivity contribution in [1.82, 2.24) is 19.8 Å². The lowest BCUT2D eigenvalue weighted by Crippen LogP contribution is -2.09. The fraction of sp³-hybridized carbons (Fsp3) is 0.182. The van der Waals surface area contributed by atoms with E-state index in [0.29, 0.717) is 0 Å². The highest BCUT2D eigenvalue weighted by Crippen LogP contribution is 2.34. The molecule has 1 N–H and O–H groups in total. The molecule has 17 heavy (non-hydrogen) atoms. The van der Waals surface area contributed by atoms with Crippen molar-refractivity contribution in [3.8, 4) is 0 Å². The van der Waals surface area contributed by atoms with Crippen molar-refractivity contribution >= 4 is 33.3 Å². The predicted molar refractivity (Wildman–Crippen MR) is 68.8 cm³/mol. The van der Waals surface area contributed by atoms with E-state index in [-0.39, 0.29) is 0 Å². The number of aromatic nitrogens is 4. The number of aromatic amines is 1.